The molecule has 0 aliphatic carbocycles. The summed E-state index contributed by atoms with van der Waals surface area (Å²) in [6.45, 7) is 6.16. The molecule has 0 saturated carbocycles. The third-order valence-electron chi connectivity index (χ3n) is 3.23. The van der Waals surface area contributed by atoms with Gasteiger partial charge in [0.25, 0.3) is 5.60 Å². The molecular formula is C14H17F7OSSi. The molecule has 0 aliphatic heterocycles. The smallest absolute Gasteiger partial charge is 0.369 e. The van der Waals surface area contributed by atoms with Gasteiger partial charge in [-0.05, 0) is 30.0 Å². The Bertz CT molecular complexity index is 564. The normalized spacial score (nSPS) is 14.1. The fourth-order valence-electron chi connectivity index (χ4n) is 1.82. The van der Waals surface area contributed by atoms with Gasteiger partial charge in [0.05, 0.1) is 0 Å². The molecule has 1 N–H and O–H groups in total. The Labute approximate surface area is 140 Å². The first-order valence-corrected chi connectivity index (χ1v) is 11.6. The van der Waals surface area contributed by atoms with Crippen LogP contribution in [0.4, 0.5) is 30.7 Å². The van der Waals surface area contributed by atoms with Crippen molar-refractivity contribution in [3.63, 3.8) is 0 Å². The molecular weight excluding hydrogens is 377 g/mol. The molecule has 0 fully saturated rings. The molecule has 1 aromatic rings. The van der Waals surface area contributed by atoms with Gasteiger partial charge in [-0.3, -0.25) is 0 Å². The maximum atomic E-state index is 13.5. The number of rotatable bonds is 5. The molecule has 24 heavy (non-hydrogen) atoms. The SMILES string of the molecule is C[Si](C)(C)CCSc1cc(F)cc(C(O)(C(F)(F)F)C(F)(F)F)c1. The van der Waals surface area contributed by atoms with Crippen LogP contribution in [-0.4, -0.2) is 31.3 Å². The molecule has 0 spiro atoms. The Hall–Kier alpha value is -0.743. The highest BCUT2D eigenvalue weighted by atomic mass is 32.2. The van der Waals surface area contributed by atoms with E-state index in [0.29, 0.717) is 11.8 Å². The summed E-state index contributed by atoms with van der Waals surface area (Å²) in [5.74, 6) is -0.829. The van der Waals surface area contributed by atoms with Crippen LogP contribution in [0.25, 0.3) is 0 Å². The quantitative estimate of drug-likeness (QED) is 0.400. The van der Waals surface area contributed by atoms with E-state index in [0.717, 1.165) is 23.9 Å². The van der Waals surface area contributed by atoms with Gasteiger partial charge in [0, 0.05) is 18.5 Å². The third kappa shape index (κ3) is 4.88. The fraction of sp³-hybridized carbons (Fsp3) is 0.571. The fourth-order valence-corrected chi connectivity index (χ4v) is 5.32. The van der Waals surface area contributed by atoms with Gasteiger partial charge in [-0.25, -0.2) is 4.39 Å². The van der Waals surface area contributed by atoms with Gasteiger partial charge in [-0.1, -0.05) is 19.6 Å². The minimum atomic E-state index is -6.03. The summed E-state index contributed by atoms with van der Waals surface area (Å²) in [4.78, 5) is -0.0878. The minimum Gasteiger partial charge on any atom is -0.369 e. The van der Waals surface area contributed by atoms with Gasteiger partial charge < -0.3 is 5.11 Å². The number of aliphatic hydroxyl groups is 1. The van der Waals surface area contributed by atoms with Crippen molar-refractivity contribution in [2.75, 3.05) is 5.75 Å². The van der Waals surface area contributed by atoms with E-state index in [-0.39, 0.29) is 11.0 Å². The van der Waals surface area contributed by atoms with E-state index in [9.17, 15) is 35.8 Å². The second kappa shape index (κ2) is 6.87. The van der Waals surface area contributed by atoms with Crippen molar-refractivity contribution in [2.24, 2.45) is 0 Å². The second-order valence-corrected chi connectivity index (χ2v) is 13.3. The van der Waals surface area contributed by atoms with Crippen molar-refractivity contribution >= 4 is 19.8 Å². The van der Waals surface area contributed by atoms with Crippen LogP contribution < -0.4 is 0 Å². The van der Waals surface area contributed by atoms with Crippen LogP contribution in [0.3, 0.4) is 0 Å². The monoisotopic (exact) mass is 394 g/mol. The van der Waals surface area contributed by atoms with Crippen LogP contribution >= 0.6 is 11.8 Å². The Morgan fingerprint density at radius 1 is 0.958 bits per heavy atom. The molecule has 138 valence electrons. The van der Waals surface area contributed by atoms with Gasteiger partial charge in [0.15, 0.2) is 0 Å². The first kappa shape index (κ1) is 21.3. The summed E-state index contributed by atoms with van der Waals surface area (Å²) in [5.41, 5.74) is -6.69. The number of thioether (sulfide) groups is 1. The van der Waals surface area contributed by atoms with Gasteiger partial charge >= 0.3 is 12.4 Å². The van der Waals surface area contributed by atoms with Crippen LogP contribution in [0.2, 0.25) is 25.7 Å². The van der Waals surface area contributed by atoms with E-state index in [4.69, 9.17) is 0 Å². The van der Waals surface area contributed by atoms with Crippen LogP contribution in [0, 0.1) is 5.82 Å². The second-order valence-electron chi connectivity index (χ2n) is 6.54. The molecule has 0 aliphatic rings. The van der Waals surface area contributed by atoms with Crippen LogP contribution in [-0.2, 0) is 5.60 Å². The molecule has 0 bridgehead atoms. The number of hydrogen-bond donors (Lipinski definition) is 1. The largest absolute Gasteiger partial charge is 0.430 e. The zero-order valence-corrected chi connectivity index (χ0v) is 15.0. The average Bonchev–Trinajstić information content (AvgIpc) is 2.32. The molecule has 1 nitrogen and oxygen atoms in total. The molecule has 0 amide bonds. The zero-order chi connectivity index (χ0) is 19.0. The Morgan fingerprint density at radius 2 is 1.46 bits per heavy atom. The summed E-state index contributed by atoms with van der Waals surface area (Å²) in [6.07, 6.45) is -12.1. The molecule has 0 aromatic heterocycles. The first-order chi connectivity index (χ1) is 10.6. The van der Waals surface area contributed by atoms with Crippen molar-refractivity contribution in [1.82, 2.24) is 0 Å². The molecule has 1 aromatic carbocycles. The lowest BCUT2D eigenvalue weighted by Gasteiger charge is -2.32. The maximum absolute atomic E-state index is 13.5. The van der Waals surface area contributed by atoms with Crippen LogP contribution in [0.1, 0.15) is 5.56 Å². The highest BCUT2D eigenvalue weighted by molar-refractivity contribution is 7.99. The molecule has 0 radical (unpaired) electrons. The first-order valence-electron chi connectivity index (χ1n) is 6.87. The van der Waals surface area contributed by atoms with E-state index >= 15 is 0 Å². The summed E-state index contributed by atoms with van der Waals surface area (Å²) < 4.78 is 90.7. The molecule has 0 atom stereocenters. The van der Waals surface area contributed by atoms with Gasteiger partial charge in [-0.15, -0.1) is 11.8 Å². The van der Waals surface area contributed by atoms with Crippen molar-refractivity contribution < 1.29 is 35.8 Å². The topological polar surface area (TPSA) is 20.2 Å². The van der Waals surface area contributed by atoms with Crippen LogP contribution in [0.5, 0.6) is 0 Å². The summed E-state index contributed by atoms with van der Waals surface area (Å²) >= 11 is 0.962. The summed E-state index contributed by atoms with van der Waals surface area (Å²) in [6, 6.07) is 2.21. The minimum absolute atomic E-state index is 0.0591. The molecule has 0 unspecified atom stereocenters. The lowest BCUT2D eigenvalue weighted by atomic mass is 9.92. The van der Waals surface area contributed by atoms with Gasteiger partial charge in [0.1, 0.15) is 5.82 Å². The predicted molar refractivity (Wildman–Crippen MR) is 81.3 cm³/mol. The summed E-state index contributed by atoms with van der Waals surface area (Å²) in [5, 5.41) is 9.34. The van der Waals surface area contributed by atoms with Crippen LogP contribution in [0.15, 0.2) is 23.1 Å². The predicted octanol–water partition coefficient (Wildman–Crippen LogP) is 5.57. The van der Waals surface area contributed by atoms with Crippen molar-refractivity contribution in [3.8, 4) is 0 Å². The molecule has 10 heteroatoms. The Balaban J connectivity index is 3.24. The van der Waals surface area contributed by atoms with Crippen molar-refractivity contribution in [2.45, 2.75) is 48.5 Å². The third-order valence-corrected chi connectivity index (χ3v) is 6.32. The highest BCUT2D eigenvalue weighted by Gasteiger charge is 2.71. The highest BCUT2D eigenvalue weighted by Crippen LogP contribution is 2.50. The number of benzene rings is 1. The zero-order valence-electron chi connectivity index (χ0n) is 13.1. The Kier molecular flexibility index (Phi) is 6.10. The van der Waals surface area contributed by atoms with Crippen molar-refractivity contribution in [3.05, 3.63) is 29.6 Å². The molecule has 0 heterocycles. The van der Waals surface area contributed by atoms with Gasteiger partial charge in [0.2, 0.25) is 0 Å². The average molecular weight is 394 g/mol. The van der Waals surface area contributed by atoms with E-state index < -0.39 is 37.4 Å². The van der Waals surface area contributed by atoms with Gasteiger partial charge in [-0.2, -0.15) is 26.3 Å². The lowest BCUT2D eigenvalue weighted by molar-refractivity contribution is -0.376. The number of halogens is 7. The summed E-state index contributed by atoms with van der Waals surface area (Å²) in [7, 11) is -1.46. The Morgan fingerprint density at radius 3 is 1.88 bits per heavy atom. The van der Waals surface area contributed by atoms with Crippen molar-refractivity contribution in [1.29, 1.82) is 0 Å². The number of hydrogen-bond acceptors (Lipinski definition) is 2. The van der Waals surface area contributed by atoms with E-state index in [1.807, 2.05) is 0 Å². The maximum Gasteiger partial charge on any atom is 0.430 e. The lowest BCUT2D eigenvalue weighted by Crippen LogP contribution is -2.54. The van der Waals surface area contributed by atoms with E-state index in [2.05, 4.69) is 19.6 Å². The standard InChI is InChI=1S/C14H17F7OSSi/c1-24(2,3)5-4-23-11-7-9(6-10(15)8-11)12(22,13(16,17)18)14(19,20)21/h6-8,22H,4-5H2,1-3H3. The number of alkyl halides is 6. The van der Waals surface area contributed by atoms with E-state index in [1.165, 1.54) is 0 Å². The van der Waals surface area contributed by atoms with E-state index in [1.54, 1.807) is 0 Å². The molecule has 1 rings (SSSR count). The molecule has 0 saturated heterocycles.